The van der Waals surface area contributed by atoms with Crippen LogP contribution in [0, 0.1) is 0 Å². The van der Waals surface area contributed by atoms with Crippen LogP contribution in [0.2, 0.25) is 5.02 Å². The van der Waals surface area contributed by atoms with Gasteiger partial charge in [-0.25, -0.2) is 18.4 Å². The molecule has 0 aliphatic heterocycles. The standard InChI is InChI=1S/C18H15ClN4O4S/c1-27-17-10-16(20-11-21-17)23-28(25,26)13-8-6-12(7-9-13)22-18(24)14-4-2-3-5-15(14)19/h2-11H,1H3,(H,22,24)(H,20,21,23). The molecule has 0 fully saturated rings. The van der Waals surface area contributed by atoms with Crippen LogP contribution < -0.4 is 14.8 Å². The number of anilines is 2. The predicted molar refractivity (Wildman–Crippen MR) is 105 cm³/mol. The minimum Gasteiger partial charge on any atom is -0.481 e. The van der Waals surface area contributed by atoms with Crippen molar-refractivity contribution in [3.8, 4) is 5.88 Å². The molecule has 0 aliphatic rings. The van der Waals surface area contributed by atoms with Crippen molar-refractivity contribution in [2.45, 2.75) is 4.90 Å². The fraction of sp³-hybridized carbons (Fsp3) is 0.0556. The van der Waals surface area contributed by atoms with E-state index in [-0.39, 0.29) is 16.6 Å². The molecule has 1 amide bonds. The van der Waals surface area contributed by atoms with Gasteiger partial charge in [0.05, 0.1) is 22.6 Å². The third kappa shape index (κ3) is 4.56. The molecule has 0 spiro atoms. The van der Waals surface area contributed by atoms with Gasteiger partial charge in [0.15, 0.2) is 0 Å². The first kappa shape index (κ1) is 19.6. The summed E-state index contributed by atoms with van der Waals surface area (Å²) in [4.78, 5) is 19.9. The van der Waals surface area contributed by atoms with Crippen LogP contribution >= 0.6 is 11.6 Å². The minimum atomic E-state index is -3.87. The Balaban J connectivity index is 1.74. The fourth-order valence-electron chi connectivity index (χ4n) is 2.26. The molecule has 2 N–H and O–H groups in total. The van der Waals surface area contributed by atoms with Crippen molar-refractivity contribution >= 4 is 39.0 Å². The van der Waals surface area contributed by atoms with E-state index in [1.807, 2.05) is 0 Å². The van der Waals surface area contributed by atoms with Gasteiger partial charge in [-0.2, -0.15) is 0 Å². The van der Waals surface area contributed by atoms with Crippen LogP contribution in [0.25, 0.3) is 0 Å². The second-order valence-corrected chi connectivity index (χ2v) is 7.60. The summed E-state index contributed by atoms with van der Waals surface area (Å²) < 4.78 is 32.2. The van der Waals surface area contributed by atoms with E-state index in [0.717, 1.165) is 0 Å². The molecule has 3 aromatic rings. The van der Waals surface area contributed by atoms with Crippen LogP contribution in [-0.2, 0) is 10.0 Å². The molecule has 0 atom stereocenters. The highest BCUT2D eigenvalue weighted by Gasteiger charge is 2.16. The molecule has 0 aliphatic carbocycles. The van der Waals surface area contributed by atoms with Crippen LogP contribution in [0.4, 0.5) is 11.5 Å². The second-order valence-electron chi connectivity index (χ2n) is 5.51. The Kier molecular flexibility index (Phi) is 5.76. The zero-order valence-electron chi connectivity index (χ0n) is 14.6. The first-order chi connectivity index (χ1) is 13.4. The molecular formula is C18H15ClN4O4S. The van der Waals surface area contributed by atoms with E-state index in [1.54, 1.807) is 24.3 Å². The number of carbonyl (C=O) groups is 1. The fourth-order valence-corrected chi connectivity index (χ4v) is 3.49. The first-order valence-corrected chi connectivity index (χ1v) is 9.80. The van der Waals surface area contributed by atoms with Gasteiger partial charge in [0, 0.05) is 11.8 Å². The van der Waals surface area contributed by atoms with Crippen LogP contribution in [-0.4, -0.2) is 31.4 Å². The number of ether oxygens (including phenoxy) is 1. The lowest BCUT2D eigenvalue weighted by Crippen LogP contribution is -2.15. The molecule has 0 saturated heterocycles. The van der Waals surface area contributed by atoms with Gasteiger partial charge < -0.3 is 10.1 Å². The van der Waals surface area contributed by atoms with E-state index in [1.165, 1.54) is 43.8 Å². The molecule has 2 aromatic carbocycles. The highest BCUT2D eigenvalue weighted by atomic mass is 35.5. The molecular weight excluding hydrogens is 404 g/mol. The summed E-state index contributed by atoms with van der Waals surface area (Å²) >= 11 is 6.00. The zero-order chi connectivity index (χ0) is 20.1. The molecule has 0 saturated carbocycles. The van der Waals surface area contributed by atoms with Gasteiger partial charge in [-0.3, -0.25) is 9.52 Å². The zero-order valence-corrected chi connectivity index (χ0v) is 16.2. The Bertz CT molecular complexity index is 1100. The average Bonchev–Trinajstić information content (AvgIpc) is 2.68. The molecule has 8 nitrogen and oxygen atoms in total. The van der Waals surface area contributed by atoms with Gasteiger partial charge in [0.1, 0.15) is 12.1 Å². The number of halogens is 1. The molecule has 0 unspecified atom stereocenters. The van der Waals surface area contributed by atoms with E-state index in [2.05, 4.69) is 20.0 Å². The van der Waals surface area contributed by atoms with Gasteiger partial charge in [-0.1, -0.05) is 23.7 Å². The van der Waals surface area contributed by atoms with Crippen molar-refractivity contribution in [2.24, 2.45) is 0 Å². The maximum Gasteiger partial charge on any atom is 0.263 e. The SMILES string of the molecule is COc1cc(NS(=O)(=O)c2ccc(NC(=O)c3ccccc3Cl)cc2)ncn1. The molecule has 28 heavy (non-hydrogen) atoms. The lowest BCUT2D eigenvalue weighted by Gasteiger charge is -2.10. The second kappa shape index (κ2) is 8.24. The molecule has 144 valence electrons. The maximum absolute atomic E-state index is 12.5. The third-order valence-corrected chi connectivity index (χ3v) is 5.33. The van der Waals surface area contributed by atoms with Gasteiger partial charge in [-0.05, 0) is 36.4 Å². The molecule has 3 rings (SSSR count). The third-order valence-electron chi connectivity index (χ3n) is 3.63. The van der Waals surface area contributed by atoms with Gasteiger partial charge >= 0.3 is 0 Å². The van der Waals surface area contributed by atoms with Gasteiger partial charge in [-0.15, -0.1) is 0 Å². The summed E-state index contributed by atoms with van der Waals surface area (Å²) in [7, 11) is -2.46. The van der Waals surface area contributed by atoms with E-state index in [9.17, 15) is 13.2 Å². The number of methoxy groups -OCH3 is 1. The number of nitrogens with zero attached hydrogens (tertiary/aromatic N) is 2. The molecule has 1 heterocycles. The predicted octanol–water partition coefficient (Wildman–Crippen LogP) is 3.19. The van der Waals surface area contributed by atoms with Crippen LogP contribution in [0.1, 0.15) is 10.4 Å². The monoisotopic (exact) mass is 418 g/mol. The number of benzene rings is 2. The van der Waals surface area contributed by atoms with Crippen LogP contribution in [0.3, 0.4) is 0 Å². The first-order valence-electron chi connectivity index (χ1n) is 7.94. The van der Waals surface area contributed by atoms with Crippen molar-refractivity contribution in [1.82, 2.24) is 9.97 Å². The van der Waals surface area contributed by atoms with E-state index in [0.29, 0.717) is 16.3 Å². The lowest BCUT2D eigenvalue weighted by molar-refractivity contribution is 0.102. The average molecular weight is 419 g/mol. The Morgan fingerprint density at radius 3 is 2.46 bits per heavy atom. The summed E-state index contributed by atoms with van der Waals surface area (Å²) in [6, 6.07) is 13.7. The lowest BCUT2D eigenvalue weighted by atomic mass is 10.2. The summed E-state index contributed by atoms with van der Waals surface area (Å²) in [6.07, 6.45) is 1.18. The van der Waals surface area contributed by atoms with Gasteiger partial charge in [0.2, 0.25) is 5.88 Å². The number of carbonyl (C=O) groups excluding carboxylic acids is 1. The minimum absolute atomic E-state index is 0.000761. The van der Waals surface area contributed by atoms with Crippen molar-refractivity contribution in [3.05, 3.63) is 71.5 Å². The Morgan fingerprint density at radius 1 is 1.07 bits per heavy atom. The maximum atomic E-state index is 12.5. The van der Waals surface area contributed by atoms with Crippen molar-refractivity contribution in [2.75, 3.05) is 17.1 Å². The normalized spacial score (nSPS) is 10.9. The number of aromatic nitrogens is 2. The smallest absolute Gasteiger partial charge is 0.263 e. The van der Waals surface area contributed by atoms with Gasteiger partial charge in [0.25, 0.3) is 15.9 Å². The molecule has 0 bridgehead atoms. The highest BCUT2D eigenvalue weighted by Crippen LogP contribution is 2.20. The van der Waals surface area contributed by atoms with E-state index in [4.69, 9.17) is 16.3 Å². The summed E-state index contributed by atoms with van der Waals surface area (Å²) in [6.45, 7) is 0. The van der Waals surface area contributed by atoms with Crippen LogP contribution in [0.5, 0.6) is 5.88 Å². The van der Waals surface area contributed by atoms with Crippen LogP contribution in [0.15, 0.2) is 65.8 Å². The van der Waals surface area contributed by atoms with E-state index >= 15 is 0 Å². The molecule has 10 heteroatoms. The molecule has 1 aromatic heterocycles. The van der Waals surface area contributed by atoms with Crippen molar-refractivity contribution < 1.29 is 17.9 Å². The number of rotatable bonds is 6. The number of sulfonamides is 1. The Hall–Kier alpha value is -3.17. The molecule has 0 radical (unpaired) electrons. The summed E-state index contributed by atoms with van der Waals surface area (Å²) in [5, 5.41) is 2.99. The summed E-state index contributed by atoms with van der Waals surface area (Å²) in [5.41, 5.74) is 0.743. The quantitative estimate of drug-likeness (QED) is 0.636. The van der Waals surface area contributed by atoms with Crippen molar-refractivity contribution in [3.63, 3.8) is 0 Å². The number of hydrogen-bond donors (Lipinski definition) is 2. The number of amides is 1. The Morgan fingerprint density at radius 2 is 1.79 bits per heavy atom. The summed E-state index contributed by atoms with van der Waals surface area (Å²) in [5.74, 6) is -0.0966. The highest BCUT2D eigenvalue weighted by molar-refractivity contribution is 7.92. The van der Waals surface area contributed by atoms with E-state index < -0.39 is 15.9 Å². The number of hydrogen-bond acceptors (Lipinski definition) is 6. The topological polar surface area (TPSA) is 110 Å². The Labute approximate surface area is 166 Å². The largest absolute Gasteiger partial charge is 0.481 e. The van der Waals surface area contributed by atoms with Crippen molar-refractivity contribution in [1.29, 1.82) is 0 Å². The number of nitrogens with one attached hydrogen (secondary N) is 2.